The summed E-state index contributed by atoms with van der Waals surface area (Å²) < 4.78 is 28.5. The SMILES string of the molecule is CCn1cc(NS(=O)(=O)c2ccc(CBr)cc2)ccc1=O. The third-order valence-corrected chi connectivity index (χ3v) is 5.01. The molecule has 7 heteroatoms. The molecule has 0 unspecified atom stereocenters. The Morgan fingerprint density at radius 1 is 1.14 bits per heavy atom. The molecule has 1 aromatic carbocycles. The Kier molecular flexibility index (Phi) is 4.84. The Morgan fingerprint density at radius 2 is 1.81 bits per heavy atom. The predicted molar refractivity (Wildman–Crippen MR) is 86.3 cm³/mol. The molecular weight excluding hydrogens is 356 g/mol. The fourth-order valence-electron chi connectivity index (χ4n) is 1.81. The molecule has 1 N–H and O–H groups in total. The maximum absolute atomic E-state index is 12.3. The van der Waals surface area contributed by atoms with Gasteiger partial charge in [-0.3, -0.25) is 9.52 Å². The van der Waals surface area contributed by atoms with Gasteiger partial charge < -0.3 is 4.57 Å². The highest BCUT2D eigenvalue weighted by atomic mass is 79.9. The fourth-order valence-corrected chi connectivity index (χ4v) is 3.23. The summed E-state index contributed by atoms with van der Waals surface area (Å²) in [5.41, 5.74) is 1.19. The number of pyridine rings is 1. The quantitative estimate of drug-likeness (QED) is 0.822. The van der Waals surface area contributed by atoms with Crippen molar-refractivity contribution >= 4 is 31.6 Å². The number of aryl methyl sites for hydroxylation is 1. The van der Waals surface area contributed by atoms with Crippen LogP contribution in [-0.2, 0) is 21.9 Å². The van der Waals surface area contributed by atoms with Gasteiger partial charge in [0.15, 0.2) is 0 Å². The lowest BCUT2D eigenvalue weighted by Gasteiger charge is -2.10. The van der Waals surface area contributed by atoms with Gasteiger partial charge in [0.25, 0.3) is 15.6 Å². The van der Waals surface area contributed by atoms with Crippen LogP contribution in [0.4, 0.5) is 5.69 Å². The number of nitrogens with one attached hydrogen (secondary N) is 1. The number of sulfonamides is 1. The molecule has 0 saturated carbocycles. The van der Waals surface area contributed by atoms with Gasteiger partial charge >= 0.3 is 0 Å². The smallest absolute Gasteiger partial charge is 0.261 e. The van der Waals surface area contributed by atoms with Gasteiger partial charge in [0.1, 0.15) is 0 Å². The van der Waals surface area contributed by atoms with Crippen molar-refractivity contribution in [3.8, 4) is 0 Å². The summed E-state index contributed by atoms with van der Waals surface area (Å²) in [5.74, 6) is 0. The summed E-state index contributed by atoms with van der Waals surface area (Å²) in [6.07, 6.45) is 1.49. The first kappa shape index (κ1) is 15.8. The summed E-state index contributed by atoms with van der Waals surface area (Å²) in [4.78, 5) is 11.7. The van der Waals surface area contributed by atoms with Gasteiger partial charge in [0.2, 0.25) is 0 Å². The Bertz CT molecular complexity index is 783. The van der Waals surface area contributed by atoms with Crippen molar-refractivity contribution in [2.45, 2.75) is 23.7 Å². The molecule has 0 saturated heterocycles. The molecule has 0 aliphatic rings. The molecular formula is C14H15BrN2O3S. The van der Waals surface area contributed by atoms with Crippen LogP contribution >= 0.6 is 15.9 Å². The van der Waals surface area contributed by atoms with E-state index in [1.54, 1.807) is 24.3 Å². The molecule has 0 fully saturated rings. The Labute approximate surface area is 131 Å². The van der Waals surface area contributed by atoms with E-state index >= 15 is 0 Å². The van der Waals surface area contributed by atoms with Gasteiger partial charge in [-0.2, -0.15) is 0 Å². The van der Waals surface area contributed by atoms with Gasteiger partial charge in [-0.15, -0.1) is 0 Å². The minimum Gasteiger partial charge on any atom is -0.314 e. The van der Waals surface area contributed by atoms with Crippen LogP contribution in [0.15, 0.2) is 52.3 Å². The van der Waals surface area contributed by atoms with E-state index < -0.39 is 10.0 Å². The second-order valence-electron chi connectivity index (χ2n) is 4.43. The monoisotopic (exact) mass is 370 g/mol. The van der Waals surface area contributed by atoms with Crippen LogP contribution in [0, 0.1) is 0 Å². The highest BCUT2D eigenvalue weighted by Gasteiger charge is 2.14. The highest BCUT2D eigenvalue weighted by molar-refractivity contribution is 9.08. The zero-order chi connectivity index (χ0) is 15.5. The van der Waals surface area contributed by atoms with Crippen LogP contribution in [0.1, 0.15) is 12.5 Å². The van der Waals surface area contributed by atoms with Crippen LogP contribution in [0.2, 0.25) is 0 Å². The number of benzene rings is 1. The lowest BCUT2D eigenvalue weighted by molar-refractivity contribution is 0.601. The molecule has 2 rings (SSSR count). The van der Waals surface area contributed by atoms with Gasteiger partial charge in [0.05, 0.1) is 10.6 Å². The van der Waals surface area contributed by atoms with E-state index in [9.17, 15) is 13.2 Å². The van der Waals surface area contributed by atoms with Gasteiger partial charge in [0, 0.05) is 24.1 Å². The van der Waals surface area contributed by atoms with Crippen molar-refractivity contribution in [2.75, 3.05) is 4.72 Å². The van der Waals surface area contributed by atoms with Gasteiger partial charge in [-0.25, -0.2) is 8.42 Å². The second-order valence-corrected chi connectivity index (χ2v) is 6.67. The summed E-state index contributed by atoms with van der Waals surface area (Å²) in [6.45, 7) is 2.30. The topological polar surface area (TPSA) is 68.2 Å². The van der Waals surface area contributed by atoms with Crippen molar-refractivity contribution < 1.29 is 8.42 Å². The number of halogens is 1. The number of rotatable bonds is 5. The van der Waals surface area contributed by atoms with Crippen molar-refractivity contribution in [3.05, 3.63) is 58.5 Å². The number of nitrogens with zero attached hydrogens (tertiary/aromatic N) is 1. The van der Waals surface area contributed by atoms with Crippen LogP contribution in [-0.4, -0.2) is 13.0 Å². The van der Waals surface area contributed by atoms with Gasteiger partial charge in [-0.1, -0.05) is 28.1 Å². The van der Waals surface area contributed by atoms with E-state index in [2.05, 4.69) is 20.7 Å². The Morgan fingerprint density at radius 3 is 2.38 bits per heavy atom. The molecule has 0 bridgehead atoms. The number of aromatic nitrogens is 1. The third-order valence-electron chi connectivity index (χ3n) is 2.96. The van der Waals surface area contributed by atoms with E-state index in [0.717, 1.165) is 5.56 Å². The summed E-state index contributed by atoms with van der Waals surface area (Å²) in [6, 6.07) is 9.39. The summed E-state index contributed by atoms with van der Waals surface area (Å²) in [5, 5.41) is 0.669. The number of anilines is 1. The first-order valence-corrected chi connectivity index (χ1v) is 8.95. The molecule has 0 amide bonds. The maximum atomic E-state index is 12.3. The normalized spacial score (nSPS) is 11.3. The summed E-state index contributed by atoms with van der Waals surface area (Å²) in [7, 11) is -3.66. The molecule has 2 aromatic rings. The first-order chi connectivity index (χ1) is 9.96. The molecule has 0 atom stereocenters. The molecule has 0 aliphatic carbocycles. The average Bonchev–Trinajstić information content (AvgIpc) is 2.49. The maximum Gasteiger partial charge on any atom is 0.261 e. The standard InChI is InChI=1S/C14H15BrN2O3S/c1-2-17-10-12(5-8-14(17)18)16-21(19,20)13-6-3-11(9-15)4-7-13/h3-8,10,16H,2,9H2,1H3. The first-order valence-electron chi connectivity index (χ1n) is 6.34. The van der Waals surface area contributed by atoms with Crippen LogP contribution in [0.25, 0.3) is 0 Å². The molecule has 1 heterocycles. The Hall–Kier alpha value is -1.60. The second kappa shape index (κ2) is 6.44. The van der Waals surface area contributed by atoms with Crippen LogP contribution in [0.3, 0.4) is 0 Å². The molecule has 0 radical (unpaired) electrons. The van der Waals surface area contributed by atoms with Gasteiger partial charge in [-0.05, 0) is 30.7 Å². The Balaban J connectivity index is 2.30. The van der Waals surface area contributed by atoms with Crippen molar-refractivity contribution in [2.24, 2.45) is 0 Å². The minimum atomic E-state index is -3.66. The number of hydrogen-bond donors (Lipinski definition) is 1. The predicted octanol–water partition coefficient (Wildman–Crippen LogP) is 2.56. The molecule has 0 aliphatic heterocycles. The largest absolute Gasteiger partial charge is 0.314 e. The van der Waals surface area contributed by atoms with Crippen molar-refractivity contribution in [1.29, 1.82) is 0 Å². The minimum absolute atomic E-state index is 0.165. The van der Waals surface area contributed by atoms with Crippen molar-refractivity contribution in [3.63, 3.8) is 0 Å². The lowest BCUT2D eigenvalue weighted by atomic mass is 10.2. The zero-order valence-corrected chi connectivity index (χ0v) is 13.8. The third kappa shape index (κ3) is 3.74. The number of hydrogen-bond acceptors (Lipinski definition) is 3. The van der Waals surface area contributed by atoms with Crippen molar-refractivity contribution in [1.82, 2.24) is 4.57 Å². The van der Waals surface area contributed by atoms with E-state index in [4.69, 9.17) is 0 Å². The molecule has 1 aromatic heterocycles. The molecule has 21 heavy (non-hydrogen) atoms. The average molecular weight is 371 g/mol. The van der Waals surface area contributed by atoms with E-state index in [1.807, 2.05) is 6.92 Å². The van der Waals surface area contributed by atoms with E-state index in [0.29, 0.717) is 17.6 Å². The molecule has 0 spiro atoms. The van der Waals surface area contributed by atoms with E-state index in [1.165, 1.54) is 22.9 Å². The summed E-state index contributed by atoms with van der Waals surface area (Å²) >= 11 is 3.31. The highest BCUT2D eigenvalue weighted by Crippen LogP contribution is 2.16. The van der Waals surface area contributed by atoms with Crippen LogP contribution < -0.4 is 10.3 Å². The number of alkyl halides is 1. The zero-order valence-electron chi connectivity index (χ0n) is 11.4. The fraction of sp³-hybridized carbons (Fsp3) is 0.214. The van der Waals surface area contributed by atoms with Crippen LogP contribution in [0.5, 0.6) is 0 Å². The molecule has 112 valence electrons. The van der Waals surface area contributed by atoms with E-state index in [-0.39, 0.29) is 10.5 Å². The molecule has 5 nitrogen and oxygen atoms in total. The lowest BCUT2D eigenvalue weighted by Crippen LogP contribution is -2.20.